The number of halogens is 2. The van der Waals surface area contributed by atoms with E-state index in [0.29, 0.717) is 5.92 Å². The third-order valence-corrected chi connectivity index (χ3v) is 7.20. The molecule has 2 aliphatic rings. The highest BCUT2D eigenvalue weighted by Crippen LogP contribution is 2.62. The molecule has 1 aromatic rings. The van der Waals surface area contributed by atoms with Gasteiger partial charge >= 0.3 is 0 Å². The molecule has 3 rings (SSSR count). The van der Waals surface area contributed by atoms with Crippen LogP contribution in [0.4, 0.5) is 0 Å². The van der Waals surface area contributed by atoms with E-state index in [4.69, 9.17) is 4.74 Å². The second-order valence-corrected chi connectivity index (χ2v) is 7.80. The van der Waals surface area contributed by atoms with Crippen LogP contribution in [-0.2, 0) is 5.41 Å². The highest BCUT2D eigenvalue weighted by atomic mass is 79.9. The van der Waals surface area contributed by atoms with Crippen LogP contribution in [0.3, 0.4) is 0 Å². The Morgan fingerprint density at radius 2 is 2.00 bits per heavy atom. The Morgan fingerprint density at radius 1 is 1.33 bits per heavy atom. The van der Waals surface area contributed by atoms with Crippen molar-refractivity contribution in [3.63, 3.8) is 0 Å². The summed E-state index contributed by atoms with van der Waals surface area (Å²) < 4.78 is 8.71. The van der Waals surface area contributed by atoms with E-state index in [1.807, 2.05) is 0 Å². The predicted molar refractivity (Wildman–Crippen MR) is 81.4 cm³/mol. The van der Waals surface area contributed by atoms with E-state index >= 15 is 0 Å². The fourth-order valence-corrected chi connectivity index (χ4v) is 4.80. The van der Waals surface area contributed by atoms with Crippen LogP contribution in [0, 0.1) is 12.8 Å². The zero-order valence-corrected chi connectivity index (χ0v) is 14.4. The van der Waals surface area contributed by atoms with E-state index in [9.17, 15) is 0 Å². The van der Waals surface area contributed by atoms with E-state index in [1.165, 1.54) is 28.4 Å². The van der Waals surface area contributed by atoms with Gasteiger partial charge in [0.1, 0.15) is 11.4 Å². The molecule has 0 aromatic heterocycles. The Morgan fingerprint density at radius 3 is 2.67 bits per heavy atom. The van der Waals surface area contributed by atoms with Crippen molar-refractivity contribution < 1.29 is 4.74 Å². The van der Waals surface area contributed by atoms with Gasteiger partial charge in [-0.05, 0) is 60.2 Å². The van der Waals surface area contributed by atoms with Crippen molar-refractivity contribution in [3.05, 3.63) is 26.1 Å². The minimum absolute atomic E-state index is 0.0644. The molecular weight excluding hydrogens is 356 g/mol. The molecule has 1 aliphatic heterocycles. The maximum atomic E-state index is 6.43. The largest absolute Gasteiger partial charge is 0.485 e. The van der Waals surface area contributed by atoms with E-state index in [2.05, 4.69) is 65.6 Å². The van der Waals surface area contributed by atoms with Crippen molar-refractivity contribution in [3.8, 4) is 5.75 Å². The van der Waals surface area contributed by atoms with Crippen molar-refractivity contribution in [2.45, 2.75) is 51.6 Å². The molecule has 0 amide bonds. The second kappa shape index (κ2) is 3.76. The third kappa shape index (κ3) is 1.33. The molecule has 0 N–H and O–H groups in total. The van der Waals surface area contributed by atoms with E-state index in [-0.39, 0.29) is 11.0 Å². The molecule has 1 nitrogen and oxygen atoms in total. The van der Waals surface area contributed by atoms with Crippen molar-refractivity contribution in [2.24, 2.45) is 5.92 Å². The Labute approximate surface area is 126 Å². The summed E-state index contributed by atoms with van der Waals surface area (Å²) in [7, 11) is 0. The van der Waals surface area contributed by atoms with Crippen LogP contribution >= 0.6 is 31.9 Å². The molecule has 0 radical (unpaired) electrons. The van der Waals surface area contributed by atoms with E-state index < -0.39 is 0 Å². The van der Waals surface area contributed by atoms with Gasteiger partial charge in [0.25, 0.3) is 0 Å². The molecule has 0 saturated heterocycles. The lowest BCUT2D eigenvalue weighted by molar-refractivity contribution is 0.0301. The summed E-state index contributed by atoms with van der Waals surface area (Å²) in [4.78, 5) is 0. The number of ether oxygens (including phenoxy) is 1. The molecule has 1 fully saturated rings. The van der Waals surface area contributed by atoms with Crippen molar-refractivity contribution in [1.82, 2.24) is 0 Å². The Bertz CT molecular complexity index is 540. The maximum absolute atomic E-state index is 6.43. The number of fused-ring (bicyclic) bond motifs is 3. The summed E-state index contributed by atoms with van der Waals surface area (Å²) in [6, 6.07) is 2.26. The first-order valence-corrected chi connectivity index (χ1v) is 8.08. The van der Waals surface area contributed by atoms with Crippen LogP contribution in [0.15, 0.2) is 15.0 Å². The second-order valence-electron chi connectivity index (χ2n) is 6.15. The van der Waals surface area contributed by atoms with Crippen molar-refractivity contribution >= 4 is 31.9 Å². The van der Waals surface area contributed by atoms with Gasteiger partial charge in [-0.15, -0.1) is 0 Å². The molecule has 1 aromatic carbocycles. The van der Waals surface area contributed by atoms with E-state index in [1.54, 1.807) is 0 Å². The van der Waals surface area contributed by atoms with Gasteiger partial charge in [-0.2, -0.15) is 0 Å². The molecule has 3 unspecified atom stereocenters. The van der Waals surface area contributed by atoms with Crippen LogP contribution in [0.1, 0.15) is 44.7 Å². The summed E-state index contributed by atoms with van der Waals surface area (Å²) in [5.41, 5.74) is 2.65. The first-order chi connectivity index (χ1) is 8.31. The Balaban J connectivity index is 2.28. The van der Waals surface area contributed by atoms with Crippen LogP contribution in [0.2, 0.25) is 0 Å². The topological polar surface area (TPSA) is 9.23 Å². The Hall–Kier alpha value is -0.0200. The number of rotatable bonds is 0. The van der Waals surface area contributed by atoms with Gasteiger partial charge in [0.15, 0.2) is 0 Å². The molecular formula is C15H18Br2O. The molecule has 1 heterocycles. The standard InChI is InChI=1S/C15H18Br2O/c1-8-5-6-14(3)10-7-11(16)9(2)12(17)13(10)18-15(8,14)4/h7-8H,5-6H2,1-4H3. The minimum atomic E-state index is -0.0644. The van der Waals surface area contributed by atoms with Gasteiger partial charge in [0.05, 0.1) is 4.47 Å². The average Bonchev–Trinajstić information content (AvgIpc) is 2.68. The van der Waals surface area contributed by atoms with Gasteiger partial charge in [-0.3, -0.25) is 0 Å². The lowest BCUT2D eigenvalue weighted by Gasteiger charge is -2.36. The van der Waals surface area contributed by atoms with Gasteiger partial charge in [0, 0.05) is 15.5 Å². The van der Waals surface area contributed by atoms with Crippen LogP contribution in [-0.4, -0.2) is 5.60 Å². The summed E-state index contributed by atoms with van der Waals surface area (Å²) in [5, 5.41) is 0. The lowest BCUT2D eigenvalue weighted by atomic mass is 9.71. The number of hydrogen-bond donors (Lipinski definition) is 0. The van der Waals surface area contributed by atoms with Crippen LogP contribution < -0.4 is 4.74 Å². The molecule has 3 heteroatoms. The molecule has 1 aliphatic carbocycles. The lowest BCUT2D eigenvalue weighted by Crippen LogP contribution is -2.46. The SMILES string of the molecule is Cc1c(Br)cc2c(c1Br)OC1(C)C(C)CCC21C. The highest BCUT2D eigenvalue weighted by molar-refractivity contribution is 9.11. The predicted octanol–water partition coefficient (Wildman–Crippen LogP) is 5.36. The summed E-state index contributed by atoms with van der Waals surface area (Å²) in [5.74, 6) is 1.66. The normalized spacial score (nSPS) is 37.3. The highest BCUT2D eigenvalue weighted by Gasteiger charge is 2.61. The van der Waals surface area contributed by atoms with Gasteiger partial charge in [-0.25, -0.2) is 0 Å². The summed E-state index contributed by atoms with van der Waals surface area (Å²) in [6.45, 7) is 9.06. The van der Waals surface area contributed by atoms with E-state index in [0.717, 1.165) is 10.2 Å². The number of hydrogen-bond acceptors (Lipinski definition) is 1. The molecule has 0 bridgehead atoms. The third-order valence-electron chi connectivity index (χ3n) is 5.42. The average molecular weight is 374 g/mol. The molecule has 0 spiro atoms. The van der Waals surface area contributed by atoms with Crippen molar-refractivity contribution in [2.75, 3.05) is 0 Å². The van der Waals surface area contributed by atoms with Gasteiger partial charge in [0.2, 0.25) is 0 Å². The molecule has 3 atom stereocenters. The molecule has 1 saturated carbocycles. The summed E-state index contributed by atoms with van der Waals surface area (Å²) in [6.07, 6.45) is 2.45. The summed E-state index contributed by atoms with van der Waals surface area (Å²) >= 11 is 7.37. The zero-order valence-electron chi connectivity index (χ0n) is 11.2. The van der Waals surface area contributed by atoms with Crippen LogP contribution in [0.25, 0.3) is 0 Å². The maximum Gasteiger partial charge on any atom is 0.138 e. The first-order valence-electron chi connectivity index (χ1n) is 6.49. The zero-order chi connectivity index (χ0) is 13.3. The van der Waals surface area contributed by atoms with Gasteiger partial charge in [-0.1, -0.05) is 29.8 Å². The smallest absolute Gasteiger partial charge is 0.138 e. The first kappa shape index (κ1) is 13.0. The minimum Gasteiger partial charge on any atom is -0.485 e. The van der Waals surface area contributed by atoms with Gasteiger partial charge < -0.3 is 4.74 Å². The number of benzene rings is 1. The quantitative estimate of drug-likeness (QED) is 0.594. The fraction of sp³-hybridized carbons (Fsp3) is 0.600. The fourth-order valence-electron chi connectivity index (χ4n) is 3.60. The molecule has 18 heavy (non-hydrogen) atoms. The molecule has 98 valence electrons. The Kier molecular flexibility index (Phi) is 2.71. The van der Waals surface area contributed by atoms with Crippen molar-refractivity contribution in [1.29, 1.82) is 0 Å². The monoisotopic (exact) mass is 372 g/mol. The van der Waals surface area contributed by atoms with Crippen LogP contribution in [0.5, 0.6) is 5.75 Å².